The second-order valence-electron chi connectivity index (χ2n) is 10.5. The highest BCUT2D eigenvalue weighted by Crippen LogP contribution is 2.45. The number of carbonyl (C=O) groups excluding carboxylic acids is 2. The molecule has 5 rings (SSSR count). The number of aromatic carboxylic acids is 1. The number of ether oxygens (including phenoxy) is 1. The van der Waals surface area contributed by atoms with Crippen LogP contribution >= 0.6 is 0 Å². The topological polar surface area (TPSA) is 139 Å². The van der Waals surface area contributed by atoms with Gasteiger partial charge in [0, 0.05) is 23.4 Å². The van der Waals surface area contributed by atoms with Crippen LogP contribution < -0.4 is 15.4 Å². The summed E-state index contributed by atoms with van der Waals surface area (Å²) in [5.41, 5.74) is -6.05. The average Bonchev–Trinajstić information content (AvgIpc) is 3.59. The van der Waals surface area contributed by atoms with E-state index in [0.29, 0.717) is 18.6 Å². The van der Waals surface area contributed by atoms with Gasteiger partial charge in [-0.05, 0) is 60.2 Å². The lowest BCUT2D eigenvalue weighted by molar-refractivity contribution is -0.121. The third-order valence-corrected chi connectivity index (χ3v) is 9.33. The number of methoxy groups -OCH3 is 1. The molecule has 0 saturated heterocycles. The predicted octanol–water partition coefficient (Wildman–Crippen LogP) is 5.19. The van der Waals surface area contributed by atoms with Crippen LogP contribution in [0, 0.1) is 29.4 Å². The molecular weight excluding hydrogens is 627 g/mol. The summed E-state index contributed by atoms with van der Waals surface area (Å²) in [6, 6.07) is 8.44. The minimum Gasteiger partial charge on any atom is -0.496 e. The number of nitrogens with one attached hydrogen (secondary N) is 2. The molecule has 45 heavy (non-hydrogen) atoms. The molecule has 0 aliphatic heterocycles. The lowest BCUT2D eigenvalue weighted by Crippen LogP contribution is -2.47. The average molecular weight is 651 g/mol. The first kappa shape index (κ1) is 31.6. The first-order chi connectivity index (χ1) is 21.1. The number of carboxylic acid groups (broad SMARTS) is 1. The molecule has 0 spiro atoms. The summed E-state index contributed by atoms with van der Waals surface area (Å²) in [7, 11) is -4.83. The standard InChI is InChI=1S/C30H23F5N2O7S/c1-44-23-13-22(32)19(14-2-4-15(5-3-14)29(40)41)12-20(23)27(38)37-26-17-7-6-16(10-17)25(26)28(39)36-18-8-9-21(31)24(11-18)45(42,43)30(33,34)35/h2-9,11-13,16-17,25-26H,10H2,1H3,(H,36,39)(H,37,38)(H,40,41). The Balaban J connectivity index is 1.41. The Morgan fingerprint density at radius 2 is 1.60 bits per heavy atom. The van der Waals surface area contributed by atoms with Gasteiger partial charge < -0.3 is 20.5 Å². The summed E-state index contributed by atoms with van der Waals surface area (Å²) in [5.74, 6) is -6.87. The van der Waals surface area contributed by atoms with E-state index in [1.54, 1.807) is 12.2 Å². The number of halogens is 5. The molecule has 1 fully saturated rings. The number of alkyl halides is 3. The quantitative estimate of drug-likeness (QED) is 0.225. The summed E-state index contributed by atoms with van der Waals surface area (Å²) in [6.07, 6.45) is 3.99. The zero-order valence-corrected chi connectivity index (χ0v) is 23.9. The molecule has 3 aromatic rings. The highest BCUT2D eigenvalue weighted by atomic mass is 32.2. The number of rotatable bonds is 8. The Hall–Kier alpha value is -4.79. The Bertz CT molecular complexity index is 1840. The molecule has 2 aliphatic rings. The van der Waals surface area contributed by atoms with E-state index >= 15 is 4.39 Å². The number of sulfone groups is 1. The van der Waals surface area contributed by atoms with E-state index < -0.39 is 73.2 Å². The molecule has 2 amide bonds. The van der Waals surface area contributed by atoms with Crippen molar-refractivity contribution in [2.24, 2.45) is 17.8 Å². The van der Waals surface area contributed by atoms with Crippen molar-refractivity contribution in [2.75, 3.05) is 12.4 Å². The first-order valence-corrected chi connectivity index (χ1v) is 14.7. The summed E-state index contributed by atoms with van der Waals surface area (Å²) in [4.78, 5) is 36.5. The molecule has 3 aromatic carbocycles. The van der Waals surface area contributed by atoms with Crippen LogP contribution in [0.1, 0.15) is 27.1 Å². The monoisotopic (exact) mass is 650 g/mol. The number of allylic oxidation sites excluding steroid dienone is 1. The minimum absolute atomic E-state index is 0.0269. The SMILES string of the molecule is COc1cc(F)c(-c2ccc(C(=O)O)cc2)cc1C(=O)NC1C2C=CC(C2)C1C(=O)Nc1ccc(F)c(S(=O)(=O)C(F)(F)F)c1. The van der Waals surface area contributed by atoms with Gasteiger partial charge in [-0.2, -0.15) is 13.2 Å². The van der Waals surface area contributed by atoms with Gasteiger partial charge in [0.2, 0.25) is 5.91 Å². The highest BCUT2D eigenvalue weighted by molar-refractivity contribution is 7.92. The van der Waals surface area contributed by atoms with E-state index in [2.05, 4.69) is 10.6 Å². The van der Waals surface area contributed by atoms with E-state index in [9.17, 15) is 40.4 Å². The van der Waals surface area contributed by atoms with Crippen LogP contribution in [0.3, 0.4) is 0 Å². The first-order valence-electron chi connectivity index (χ1n) is 13.2. The summed E-state index contributed by atoms with van der Waals surface area (Å²) < 4.78 is 97.1. The number of carboxylic acids is 1. The Morgan fingerprint density at radius 1 is 0.933 bits per heavy atom. The number of carbonyl (C=O) groups is 3. The number of benzene rings is 3. The molecule has 236 valence electrons. The van der Waals surface area contributed by atoms with Crippen LogP contribution in [-0.4, -0.2) is 50.0 Å². The van der Waals surface area contributed by atoms with Gasteiger partial charge in [0.05, 0.1) is 24.2 Å². The molecule has 3 N–H and O–H groups in total. The van der Waals surface area contributed by atoms with Crippen molar-refractivity contribution < 1.29 is 54.6 Å². The third kappa shape index (κ3) is 5.87. The van der Waals surface area contributed by atoms with Gasteiger partial charge in [-0.1, -0.05) is 24.3 Å². The summed E-state index contributed by atoms with van der Waals surface area (Å²) >= 11 is 0. The van der Waals surface area contributed by atoms with E-state index in [1.165, 1.54) is 37.4 Å². The Labute approximate surface area is 252 Å². The van der Waals surface area contributed by atoms with Crippen LogP contribution in [0.4, 0.5) is 27.6 Å². The number of anilines is 1. The van der Waals surface area contributed by atoms with E-state index in [1.807, 2.05) is 0 Å². The lowest BCUT2D eigenvalue weighted by Gasteiger charge is -2.28. The fourth-order valence-electron chi connectivity index (χ4n) is 5.66. The molecule has 0 radical (unpaired) electrons. The molecule has 9 nitrogen and oxygen atoms in total. The van der Waals surface area contributed by atoms with Crippen molar-refractivity contribution in [1.29, 1.82) is 0 Å². The number of fused-ring (bicyclic) bond motifs is 2. The van der Waals surface area contributed by atoms with Gasteiger partial charge in [0.15, 0.2) is 0 Å². The lowest BCUT2D eigenvalue weighted by atomic mass is 9.87. The second-order valence-corrected chi connectivity index (χ2v) is 12.4. The van der Waals surface area contributed by atoms with Crippen LogP contribution in [0.15, 0.2) is 71.6 Å². The number of hydrogen-bond donors (Lipinski definition) is 3. The van der Waals surface area contributed by atoms with E-state index in [0.717, 1.165) is 12.1 Å². The molecule has 0 aromatic heterocycles. The van der Waals surface area contributed by atoms with Gasteiger partial charge in [0.25, 0.3) is 15.7 Å². The second kappa shape index (κ2) is 11.6. The van der Waals surface area contributed by atoms with Crippen molar-refractivity contribution in [3.8, 4) is 16.9 Å². The fraction of sp³-hybridized carbons (Fsp3) is 0.233. The molecule has 4 atom stereocenters. The highest BCUT2D eigenvalue weighted by Gasteiger charge is 2.50. The maximum absolute atomic E-state index is 15.0. The van der Waals surface area contributed by atoms with Gasteiger partial charge in [-0.3, -0.25) is 9.59 Å². The Kier molecular flexibility index (Phi) is 8.16. The van der Waals surface area contributed by atoms with Crippen LogP contribution in [0.5, 0.6) is 5.75 Å². The van der Waals surface area contributed by atoms with Crippen molar-refractivity contribution >= 4 is 33.3 Å². The summed E-state index contributed by atoms with van der Waals surface area (Å²) in [5, 5.41) is 14.2. The zero-order valence-electron chi connectivity index (χ0n) is 23.1. The largest absolute Gasteiger partial charge is 0.502 e. The van der Waals surface area contributed by atoms with E-state index in [4.69, 9.17) is 9.84 Å². The molecular formula is C30H23F5N2O7S. The van der Waals surface area contributed by atoms with Crippen molar-refractivity contribution in [3.63, 3.8) is 0 Å². The molecule has 2 aliphatic carbocycles. The maximum atomic E-state index is 15.0. The van der Waals surface area contributed by atoms with Gasteiger partial charge in [-0.25, -0.2) is 22.0 Å². The number of hydrogen-bond acceptors (Lipinski definition) is 6. The van der Waals surface area contributed by atoms with Crippen molar-refractivity contribution in [3.05, 3.63) is 89.5 Å². The predicted molar refractivity (Wildman–Crippen MR) is 149 cm³/mol. The smallest absolute Gasteiger partial charge is 0.496 e. The van der Waals surface area contributed by atoms with Crippen molar-refractivity contribution in [2.45, 2.75) is 22.9 Å². The van der Waals surface area contributed by atoms with Gasteiger partial charge in [0.1, 0.15) is 22.3 Å². The third-order valence-electron chi connectivity index (χ3n) is 7.83. The Morgan fingerprint density at radius 3 is 2.22 bits per heavy atom. The van der Waals surface area contributed by atoms with Gasteiger partial charge in [-0.15, -0.1) is 0 Å². The zero-order chi connectivity index (χ0) is 32.8. The maximum Gasteiger partial charge on any atom is 0.502 e. The molecule has 15 heteroatoms. The molecule has 0 heterocycles. The normalized spacial score (nSPS) is 20.6. The van der Waals surface area contributed by atoms with Crippen molar-refractivity contribution in [1.82, 2.24) is 5.32 Å². The fourth-order valence-corrected chi connectivity index (χ4v) is 6.51. The molecule has 2 bridgehead atoms. The van der Waals surface area contributed by atoms with Crippen LogP contribution in [0.2, 0.25) is 0 Å². The van der Waals surface area contributed by atoms with E-state index in [-0.39, 0.29) is 33.9 Å². The van der Waals surface area contributed by atoms with Crippen LogP contribution in [-0.2, 0) is 14.6 Å². The van der Waals surface area contributed by atoms with Crippen LogP contribution in [0.25, 0.3) is 11.1 Å². The molecule has 4 unspecified atom stereocenters. The van der Waals surface area contributed by atoms with Gasteiger partial charge >= 0.3 is 11.5 Å². The molecule has 1 saturated carbocycles. The summed E-state index contributed by atoms with van der Waals surface area (Å²) in [6.45, 7) is 0. The minimum atomic E-state index is -6.05. The number of amides is 2.